The van der Waals surface area contributed by atoms with Gasteiger partial charge in [-0.25, -0.2) is 4.98 Å². The number of aromatic nitrogens is 2. The average Bonchev–Trinajstić information content (AvgIpc) is 3.24. The summed E-state index contributed by atoms with van der Waals surface area (Å²) >= 11 is 6.11. The summed E-state index contributed by atoms with van der Waals surface area (Å²) in [6.45, 7) is 0.703. The van der Waals surface area contributed by atoms with Gasteiger partial charge in [-0.15, -0.1) is 0 Å². The summed E-state index contributed by atoms with van der Waals surface area (Å²) in [6.07, 6.45) is 9.52. The molecule has 0 radical (unpaired) electrons. The summed E-state index contributed by atoms with van der Waals surface area (Å²) in [7, 11) is 0. The number of hydrogen-bond donors (Lipinski definition) is 2. The molecule has 2 aromatic rings. The van der Waals surface area contributed by atoms with Crippen molar-refractivity contribution in [1.29, 1.82) is 0 Å². The van der Waals surface area contributed by atoms with Gasteiger partial charge in [0, 0.05) is 30.4 Å². The van der Waals surface area contributed by atoms with Crippen molar-refractivity contribution in [3.63, 3.8) is 0 Å². The van der Waals surface area contributed by atoms with Crippen LogP contribution in [0.3, 0.4) is 0 Å². The lowest BCUT2D eigenvalue weighted by Gasteiger charge is -2.30. The molecule has 2 aromatic heterocycles. The molecule has 0 aromatic carbocycles. The first-order valence-corrected chi connectivity index (χ1v) is 9.13. The van der Waals surface area contributed by atoms with E-state index in [4.69, 9.17) is 16.3 Å². The number of nitrogens with one attached hydrogen (secondary N) is 2. The van der Waals surface area contributed by atoms with E-state index in [0.717, 1.165) is 49.6 Å². The fourth-order valence-electron chi connectivity index (χ4n) is 4.02. The van der Waals surface area contributed by atoms with Gasteiger partial charge in [0.15, 0.2) is 0 Å². The van der Waals surface area contributed by atoms with Gasteiger partial charge in [-0.05, 0) is 49.7 Å². The summed E-state index contributed by atoms with van der Waals surface area (Å²) in [5.74, 6) is 0.476. The summed E-state index contributed by atoms with van der Waals surface area (Å²) in [5.41, 5.74) is 2.14. The zero-order chi connectivity index (χ0) is 16.5. The molecule has 1 aliphatic heterocycles. The molecule has 5 nitrogen and oxygen atoms in total. The number of carbonyl (C=O) groups is 1. The molecule has 1 saturated carbocycles. The third kappa shape index (κ3) is 3.15. The Morgan fingerprint density at radius 3 is 3.08 bits per heavy atom. The highest BCUT2D eigenvalue weighted by molar-refractivity contribution is 6.31. The Hall–Kier alpha value is -1.59. The van der Waals surface area contributed by atoms with Gasteiger partial charge < -0.3 is 15.0 Å². The third-order valence-electron chi connectivity index (χ3n) is 5.21. The summed E-state index contributed by atoms with van der Waals surface area (Å²) in [6, 6.07) is 2.20. The number of nitrogens with zero attached hydrogens (tertiary/aromatic N) is 1. The van der Waals surface area contributed by atoms with Gasteiger partial charge in [0.1, 0.15) is 11.8 Å². The Balaban J connectivity index is 1.47. The van der Waals surface area contributed by atoms with Crippen LogP contribution in [0.4, 0.5) is 0 Å². The van der Waals surface area contributed by atoms with Crippen molar-refractivity contribution < 1.29 is 9.53 Å². The van der Waals surface area contributed by atoms with Crippen LogP contribution >= 0.6 is 11.6 Å². The average molecular weight is 348 g/mol. The highest BCUT2D eigenvalue weighted by Crippen LogP contribution is 2.37. The third-order valence-corrected chi connectivity index (χ3v) is 5.42. The Bertz CT molecular complexity index is 739. The Kier molecular flexibility index (Phi) is 4.46. The first-order chi connectivity index (χ1) is 11.7. The maximum Gasteiger partial charge on any atom is 0.249 e. The molecular formula is C18H22ClN3O2. The SMILES string of the molecule is O=C(N[C@H]1CCC[C@@H](c2c[nH]c3ncc(Cl)cc23)C1)[C@@H]1CCCO1. The fraction of sp³-hybridized carbons (Fsp3) is 0.556. The quantitative estimate of drug-likeness (QED) is 0.892. The number of aromatic amines is 1. The molecule has 2 aliphatic rings. The van der Waals surface area contributed by atoms with Gasteiger partial charge in [-0.1, -0.05) is 18.0 Å². The van der Waals surface area contributed by atoms with Crippen LogP contribution in [0.15, 0.2) is 18.5 Å². The number of carbonyl (C=O) groups excluding carboxylic acids is 1. The fourth-order valence-corrected chi connectivity index (χ4v) is 4.18. The van der Waals surface area contributed by atoms with E-state index in [9.17, 15) is 4.79 Å². The minimum absolute atomic E-state index is 0.0572. The lowest BCUT2D eigenvalue weighted by Crippen LogP contribution is -2.43. The predicted octanol–water partition coefficient (Wildman–Crippen LogP) is 3.54. The molecule has 6 heteroatoms. The van der Waals surface area contributed by atoms with E-state index in [1.165, 1.54) is 5.56 Å². The Labute approximate surface area is 146 Å². The van der Waals surface area contributed by atoms with Gasteiger partial charge in [-0.3, -0.25) is 4.79 Å². The van der Waals surface area contributed by atoms with Crippen molar-refractivity contribution in [2.24, 2.45) is 0 Å². The van der Waals surface area contributed by atoms with Gasteiger partial charge in [0.25, 0.3) is 0 Å². The van der Waals surface area contributed by atoms with Gasteiger partial charge in [0.05, 0.1) is 5.02 Å². The van der Waals surface area contributed by atoms with Gasteiger partial charge in [0.2, 0.25) is 5.91 Å². The smallest absolute Gasteiger partial charge is 0.249 e. The van der Waals surface area contributed by atoms with Crippen LogP contribution in [0.1, 0.15) is 50.0 Å². The summed E-state index contributed by atoms with van der Waals surface area (Å²) in [5, 5.41) is 4.95. The molecule has 1 aliphatic carbocycles. The molecule has 2 N–H and O–H groups in total. The molecule has 0 unspecified atom stereocenters. The molecule has 3 atom stereocenters. The van der Waals surface area contributed by atoms with Crippen LogP contribution in [0.5, 0.6) is 0 Å². The topological polar surface area (TPSA) is 67.0 Å². The number of rotatable bonds is 3. The Morgan fingerprint density at radius 1 is 1.33 bits per heavy atom. The first-order valence-electron chi connectivity index (χ1n) is 8.75. The second-order valence-corrected chi connectivity index (χ2v) is 7.30. The van der Waals surface area contributed by atoms with E-state index in [1.54, 1.807) is 6.20 Å². The van der Waals surface area contributed by atoms with Crippen LogP contribution < -0.4 is 5.32 Å². The molecule has 1 saturated heterocycles. The van der Waals surface area contributed by atoms with Crippen LogP contribution in [0.25, 0.3) is 11.0 Å². The lowest BCUT2D eigenvalue weighted by molar-refractivity contribution is -0.131. The molecule has 1 amide bonds. The van der Waals surface area contributed by atoms with Crippen molar-refractivity contribution in [2.45, 2.75) is 56.6 Å². The van der Waals surface area contributed by atoms with Crippen LogP contribution in [-0.4, -0.2) is 34.6 Å². The van der Waals surface area contributed by atoms with Crippen LogP contribution in [0.2, 0.25) is 5.02 Å². The molecule has 4 rings (SSSR count). The highest BCUT2D eigenvalue weighted by atomic mass is 35.5. The molecule has 128 valence electrons. The van der Waals surface area contributed by atoms with E-state index in [-0.39, 0.29) is 18.1 Å². The molecule has 2 fully saturated rings. The van der Waals surface area contributed by atoms with Crippen molar-refractivity contribution in [1.82, 2.24) is 15.3 Å². The van der Waals surface area contributed by atoms with E-state index in [0.29, 0.717) is 17.5 Å². The van der Waals surface area contributed by atoms with Crippen LogP contribution in [-0.2, 0) is 9.53 Å². The van der Waals surface area contributed by atoms with Crippen molar-refractivity contribution in [2.75, 3.05) is 6.61 Å². The maximum absolute atomic E-state index is 12.3. The summed E-state index contributed by atoms with van der Waals surface area (Å²) < 4.78 is 5.49. The number of amides is 1. The molecule has 0 spiro atoms. The number of pyridine rings is 1. The van der Waals surface area contributed by atoms with E-state index < -0.39 is 0 Å². The minimum Gasteiger partial charge on any atom is -0.368 e. The number of H-pyrrole nitrogens is 1. The van der Waals surface area contributed by atoms with E-state index >= 15 is 0 Å². The standard InChI is InChI=1S/C18H22ClN3O2/c19-12-8-14-15(10-21-17(14)20-9-12)11-3-1-4-13(7-11)22-18(23)16-5-2-6-24-16/h8-11,13,16H,1-7H2,(H,20,21)(H,22,23)/t11-,13+,16+/m1/s1. The summed E-state index contributed by atoms with van der Waals surface area (Å²) in [4.78, 5) is 19.9. The van der Waals surface area contributed by atoms with Crippen molar-refractivity contribution in [3.8, 4) is 0 Å². The number of ether oxygens (including phenoxy) is 1. The second kappa shape index (κ2) is 6.73. The second-order valence-electron chi connectivity index (χ2n) is 6.86. The maximum atomic E-state index is 12.3. The monoisotopic (exact) mass is 347 g/mol. The number of fused-ring (bicyclic) bond motifs is 1. The van der Waals surface area contributed by atoms with E-state index in [1.807, 2.05) is 12.3 Å². The largest absolute Gasteiger partial charge is 0.368 e. The normalized spacial score (nSPS) is 27.5. The van der Waals surface area contributed by atoms with Crippen molar-refractivity contribution >= 4 is 28.5 Å². The molecule has 0 bridgehead atoms. The number of hydrogen-bond acceptors (Lipinski definition) is 3. The van der Waals surface area contributed by atoms with Crippen molar-refractivity contribution in [3.05, 3.63) is 29.0 Å². The lowest BCUT2D eigenvalue weighted by atomic mass is 9.81. The number of halogens is 1. The van der Waals surface area contributed by atoms with Crippen LogP contribution in [0, 0.1) is 0 Å². The Morgan fingerprint density at radius 2 is 2.25 bits per heavy atom. The van der Waals surface area contributed by atoms with Gasteiger partial charge in [-0.2, -0.15) is 0 Å². The highest BCUT2D eigenvalue weighted by Gasteiger charge is 2.30. The zero-order valence-electron chi connectivity index (χ0n) is 13.6. The first kappa shape index (κ1) is 15.9. The van der Waals surface area contributed by atoms with Gasteiger partial charge >= 0.3 is 0 Å². The zero-order valence-corrected chi connectivity index (χ0v) is 14.3. The predicted molar refractivity (Wildman–Crippen MR) is 93.2 cm³/mol. The molecular weight excluding hydrogens is 326 g/mol. The van der Waals surface area contributed by atoms with E-state index in [2.05, 4.69) is 15.3 Å². The molecule has 24 heavy (non-hydrogen) atoms. The minimum atomic E-state index is -0.249. The molecule has 3 heterocycles.